The van der Waals surface area contributed by atoms with Gasteiger partial charge in [-0.25, -0.2) is 4.79 Å². The smallest absolute Gasteiger partial charge is 0.338 e. The monoisotopic (exact) mass is 142 g/mol. The van der Waals surface area contributed by atoms with Crippen molar-refractivity contribution in [3.05, 3.63) is 0 Å². The SMILES string of the molecule is CC1(C)COC(=O)[C@@H]2O[C@@H]21. The van der Waals surface area contributed by atoms with Crippen LogP contribution < -0.4 is 0 Å². The standard InChI is InChI=1S/C7H10O3/c1-7(2)3-9-6(8)4-5(7)10-4/h4-5H,3H2,1-2H3/t4-,5+/m1/s1. The molecule has 0 bridgehead atoms. The molecule has 0 saturated carbocycles. The van der Waals surface area contributed by atoms with E-state index in [1.165, 1.54) is 0 Å². The van der Waals surface area contributed by atoms with Crippen molar-refractivity contribution in [3.8, 4) is 0 Å². The van der Waals surface area contributed by atoms with E-state index < -0.39 is 0 Å². The third kappa shape index (κ3) is 0.669. The molecule has 0 aromatic rings. The van der Waals surface area contributed by atoms with Crippen molar-refractivity contribution >= 4 is 5.97 Å². The highest BCUT2D eigenvalue weighted by Crippen LogP contribution is 2.42. The van der Waals surface area contributed by atoms with Crippen LogP contribution in [0.3, 0.4) is 0 Å². The van der Waals surface area contributed by atoms with Gasteiger partial charge < -0.3 is 9.47 Å². The molecule has 56 valence electrons. The summed E-state index contributed by atoms with van der Waals surface area (Å²) < 4.78 is 10.0. The Kier molecular flexibility index (Phi) is 0.944. The Hall–Kier alpha value is -0.570. The van der Waals surface area contributed by atoms with Crippen LogP contribution in [-0.2, 0) is 14.3 Å². The number of rotatable bonds is 0. The van der Waals surface area contributed by atoms with Crippen LogP contribution in [0, 0.1) is 5.41 Å². The minimum atomic E-state index is -0.247. The topological polar surface area (TPSA) is 38.8 Å². The van der Waals surface area contributed by atoms with Gasteiger partial charge in [-0.3, -0.25) is 0 Å². The third-order valence-electron chi connectivity index (χ3n) is 2.08. The van der Waals surface area contributed by atoms with Crippen molar-refractivity contribution in [3.63, 3.8) is 0 Å². The molecule has 0 radical (unpaired) electrons. The van der Waals surface area contributed by atoms with E-state index in [-0.39, 0.29) is 23.6 Å². The van der Waals surface area contributed by atoms with E-state index in [9.17, 15) is 4.79 Å². The number of cyclic esters (lactones) is 1. The molecule has 0 spiro atoms. The maximum atomic E-state index is 10.8. The molecule has 0 aromatic carbocycles. The van der Waals surface area contributed by atoms with Gasteiger partial charge in [-0.05, 0) is 0 Å². The second-order valence-corrected chi connectivity index (χ2v) is 3.57. The van der Waals surface area contributed by atoms with Gasteiger partial charge in [0.05, 0.1) is 6.61 Å². The van der Waals surface area contributed by atoms with Crippen molar-refractivity contribution < 1.29 is 14.3 Å². The number of esters is 1. The van der Waals surface area contributed by atoms with E-state index >= 15 is 0 Å². The highest BCUT2D eigenvalue weighted by atomic mass is 16.7. The minimum absolute atomic E-state index is 0.0264. The molecule has 2 atom stereocenters. The Labute approximate surface area is 59.3 Å². The van der Waals surface area contributed by atoms with Crippen molar-refractivity contribution in [2.75, 3.05) is 6.61 Å². The van der Waals surface area contributed by atoms with Crippen LogP contribution in [0.25, 0.3) is 0 Å². The second kappa shape index (κ2) is 1.53. The number of hydrogen-bond donors (Lipinski definition) is 0. The van der Waals surface area contributed by atoms with Gasteiger partial charge >= 0.3 is 5.97 Å². The first kappa shape index (κ1) is 6.16. The average Bonchev–Trinajstić information content (AvgIpc) is 2.58. The lowest BCUT2D eigenvalue weighted by molar-refractivity contribution is -0.150. The molecular weight excluding hydrogens is 132 g/mol. The van der Waals surface area contributed by atoms with Crippen LogP contribution >= 0.6 is 0 Å². The van der Waals surface area contributed by atoms with Gasteiger partial charge in [-0.2, -0.15) is 0 Å². The summed E-state index contributed by atoms with van der Waals surface area (Å²) >= 11 is 0. The molecule has 0 amide bonds. The summed E-state index contributed by atoms with van der Waals surface area (Å²) in [5.74, 6) is -0.190. The van der Waals surface area contributed by atoms with Crippen LogP contribution in [0.1, 0.15) is 13.8 Å². The van der Waals surface area contributed by atoms with Crippen LogP contribution in [0.4, 0.5) is 0 Å². The molecule has 3 heteroatoms. The lowest BCUT2D eigenvalue weighted by Gasteiger charge is -2.24. The summed E-state index contributed by atoms with van der Waals surface area (Å²) in [6.07, 6.45) is -0.127. The maximum absolute atomic E-state index is 10.8. The predicted octanol–water partition coefficient (Wildman–Crippen LogP) is 0.337. The molecule has 0 unspecified atom stereocenters. The molecule has 0 aliphatic carbocycles. The van der Waals surface area contributed by atoms with E-state index in [0.717, 1.165) is 0 Å². The number of hydrogen-bond acceptors (Lipinski definition) is 3. The molecule has 0 aromatic heterocycles. The summed E-state index contributed by atoms with van der Waals surface area (Å²) in [6.45, 7) is 4.58. The number of epoxide rings is 1. The highest BCUT2D eigenvalue weighted by molar-refractivity contribution is 5.79. The lowest BCUT2D eigenvalue weighted by Crippen LogP contribution is -2.36. The molecule has 2 fully saturated rings. The number of carbonyl (C=O) groups is 1. The fraction of sp³-hybridized carbons (Fsp3) is 0.857. The molecule has 0 N–H and O–H groups in total. The van der Waals surface area contributed by atoms with Crippen molar-refractivity contribution in [1.82, 2.24) is 0 Å². The Bertz CT molecular complexity index is 185. The van der Waals surface area contributed by atoms with Gasteiger partial charge in [-0.15, -0.1) is 0 Å². The first-order valence-corrected chi connectivity index (χ1v) is 3.43. The first-order chi connectivity index (χ1) is 4.61. The van der Waals surface area contributed by atoms with Crippen LogP contribution in [0.15, 0.2) is 0 Å². The number of carbonyl (C=O) groups excluding carboxylic acids is 1. The average molecular weight is 142 g/mol. The summed E-state index contributed by atoms with van der Waals surface area (Å²) in [6, 6.07) is 0. The zero-order valence-electron chi connectivity index (χ0n) is 6.09. The van der Waals surface area contributed by atoms with Gasteiger partial charge in [-0.1, -0.05) is 13.8 Å². The molecular formula is C7H10O3. The molecule has 2 aliphatic rings. The van der Waals surface area contributed by atoms with Gasteiger partial charge in [0.25, 0.3) is 0 Å². The first-order valence-electron chi connectivity index (χ1n) is 3.43. The Morgan fingerprint density at radius 3 is 2.90 bits per heavy atom. The molecule has 3 nitrogen and oxygen atoms in total. The van der Waals surface area contributed by atoms with Gasteiger partial charge in [0.15, 0.2) is 6.10 Å². The summed E-state index contributed by atoms with van der Waals surface area (Å²) in [5.41, 5.74) is 0.0264. The third-order valence-corrected chi connectivity index (χ3v) is 2.08. The lowest BCUT2D eigenvalue weighted by atomic mass is 9.87. The zero-order chi connectivity index (χ0) is 7.35. The number of ether oxygens (including phenoxy) is 2. The van der Waals surface area contributed by atoms with Gasteiger partial charge in [0.1, 0.15) is 6.10 Å². The van der Waals surface area contributed by atoms with Crippen LogP contribution in [0.5, 0.6) is 0 Å². The Morgan fingerprint density at radius 2 is 2.30 bits per heavy atom. The van der Waals surface area contributed by atoms with E-state index in [1.54, 1.807) is 0 Å². The predicted molar refractivity (Wildman–Crippen MR) is 33.4 cm³/mol. The van der Waals surface area contributed by atoms with Crippen molar-refractivity contribution in [1.29, 1.82) is 0 Å². The summed E-state index contributed by atoms with van der Waals surface area (Å²) in [4.78, 5) is 10.8. The van der Waals surface area contributed by atoms with Crippen molar-refractivity contribution in [2.45, 2.75) is 26.1 Å². The maximum Gasteiger partial charge on any atom is 0.338 e. The van der Waals surface area contributed by atoms with Crippen molar-refractivity contribution in [2.24, 2.45) is 5.41 Å². The normalized spacial score (nSPS) is 42.0. The van der Waals surface area contributed by atoms with Gasteiger partial charge in [0, 0.05) is 5.41 Å². The largest absolute Gasteiger partial charge is 0.463 e. The highest BCUT2D eigenvalue weighted by Gasteiger charge is 2.58. The molecule has 2 rings (SSSR count). The Balaban J connectivity index is 2.16. The van der Waals surface area contributed by atoms with E-state index in [1.807, 2.05) is 13.8 Å². The quantitative estimate of drug-likeness (QED) is 0.361. The fourth-order valence-electron chi connectivity index (χ4n) is 1.31. The number of fused-ring (bicyclic) bond motifs is 1. The molecule has 2 saturated heterocycles. The van der Waals surface area contributed by atoms with Crippen LogP contribution in [-0.4, -0.2) is 24.8 Å². The van der Waals surface area contributed by atoms with E-state index in [0.29, 0.717) is 6.61 Å². The van der Waals surface area contributed by atoms with E-state index in [2.05, 4.69) is 0 Å². The Morgan fingerprint density at radius 1 is 1.60 bits per heavy atom. The molecule has 2 aliphatic heterocycles. The minimum Gasteiger partial charge on any atom is -0.463 e. The van der Waals surface area contributed by atoms with Crippen LogP contribution in [0.2, 0.25) is 0 Å². The fourth-order valence-corrected chi connectivity index (χ4v) is 1.31. The van der Waals surface area contributed by atoms with E-state index in [4.69, 9.17) is 9.47 Å². The molecule has 2 heterocycles. The molecule has 10 heavy (non-hydrogen) atoms. The van der Waals surface area contributed by atoms with Gasteiger partial charge in [0.2, 0.25) is 0 Å². The second-order valence-electron chi connectivity index (χ2n) is 3.57. The zero-order valence-corrected chi connectivity index (χ0v) is 6.09. The summed E-state index contributed by atoms with van der Waals surface area (Å²) in [7, 11) is 0. The summed E-state index contributed by atoms with van der Waals surface area (Å²) in [5, 5.41) is 0.